The summed E-state index contributed by atoms with van der Waals surface area (Å²) in [5.41, 5.74) is 0.0217. The van der Waals surface area contributed by atoms with Crippen molar-refractivity contribution in [3.05, 3.63) is 12.2 Å². The molecule has 0 aromatic carbocycles. The standard InChI is InChI=1S/C14H22O/c15-12-14(10-6-7-11-14)13-8-4-2-1-3-5-9-13/h4,8,12-13H,1-3,5-7,9-11H2/b8-4-. The van der Waals surface area contributed by atoms with Crippen molar-refractivity contribution in [1.82, 2.24) is 0 Å². The van der Waals surface area contributed by atoms with Crippen LogP contribution in [-0.4, -0.2) is 6.29 Å². The number of carbonyl (C=O) groups is 1. The summed E-state index contributed by atoms with van der Waals surface area (Å²) in [4.78, 5) is 11.4. The van der Waals surface area contributed by atoms with Crippen molar-refractivity contribution in [3.8, 4) is 0 Å². The average Bonchev–Trinajstić information content (AvgIpc) is 2.67. The molecule has 0 aromatic heterocycles. The number of aldehydes is 1. The third-order valence-corrected chi connectivity index (χ3v) is 4.26. The summed E-state index contributed by atoms with van der Waals surface area (Å²) in [6, 6.07) is 0. The summed E-state index contributed by atoms with van der Waals surface area (Å²) in [6.45, 7) is 0. The van der Waals surface area contributed by atoms with E-state index in [1.807, 2.05) is 0 Å². The lowest BCUT2D eigenvalue weighted by Crippen LogP contribution is -2.28. The highest BCUT2D eigenvalue weighted by Crippen LogP contribution is 2.45. The van der Waals surface area contributed by atoms with Crippen molar-refractivity contribution in [3.63, 3.8) is 0 Å². The molecule has 0 N–H and O–H groups in total. The zero-order valence-corrected chi connectivity index (χ0v) is 9.58. The van der Waals surface area contributed by atoms with Crippen LogP contribution in [-0.2, 0) is 4.79 Å². The second-order valence-electron chi connectivity index (χ2n) is 5.23. The lowest BCUT2D eigenvalue weighted by atomic mass is 9.72. The van der Waals surface area contributed by atoms with Crippen LogP contribution < -0.4 is 0 Å². The predicted molar refractivity (Wildman–Crippen MR) is 62.7 cm³/mol. The van der Waals surface area contributed by atoms with Gasteiger partial charge in [-0.25, -0.2) is 0 Å². The summed E-state index contributed by atoms with van der Waals surface area (Å²) >= 11 is 0. The Morgan fingerprint density at radius 2 is 1.87 bits per heavy atom. The molecule has 0 aromatic rings. The quantitative estimate of drug-likeness (QED) is 0.495. The first kappa shape index (κ1) is 10.9. The summed E-state index contributed by atoms with van der Waals surface area (Å²) < 4.78 is 0. The monoisotopic (exact) mass is 206 g/mol. The van der Waals surface area contributed by atoms with Gasteiger partial charge in [0, 0.05) is 5.41 Å². The molecule has 84 valence electrons. The lowest BCUT2D eigenvalue weighted by Gasteiger charge is -2.31. The molecular weight excluding hydrogens is 184 g/mol. The Morgan fingerprint density at radius 1 is 1.07 bits per heavy atom. The van der Waals surface area contributed by atoms with Gasteiger partial charge in [-0.2, -0.15) is 0 Å². The van der Waals surface area contributed by atoms with E-state index in [9.17, 15) is 4.79 Å². The molecule has 1 nitrogen and oxygen atoms in total. The smallest absolute Gasteiger partial charge is 0.126 e. The van der Waals surface area contributed by atoms with Gasteiger partial charge >= 0.3 is 0 Å². The van der Waals surface area contributed by atoms with Gasteiger partial charge < -0.3 is 4.79 Å². The molecule has 2 rings (SSSR count). The molecule has 2 aliphatic rings. The van der Waals surface area contributed by atoms with Gasteiger partial charge in [-0.1, -0.05) is 37.8 Å². The van der Waals surface area contributed by atoms with E-state index in [2.05, 4.69) is 12.2 Å². The maximum absolute atomic E-state index is 11.4. The fraction of sp³-hybridized carbons (Fsp3) is 0.786. The molecule has 0 heterocycles. The number of allylic oxidation sites excluding steroid dienone is 2. The van der Waals surface area contributed by atoms with Gasteiger partial charge in [0.05, 0.1) is 0 Å². The highest BCUT2D eigenvalue weighted by Gasteiger charge is 2.39. The third kappa shape index (κ3) is 2.32. The van der Waals surface area contributed by atoms with Gasteiger partial charge in [0.25, 0.3) is 0 Å². The Labute approximate surface area is 92.9 Å². The van der Waals surface area contributed by atoms with Crippen molar-refractivity contribution in [2.45, 2.75) is 57.8 Å². The lowest BCUT2D eigenvalue weighted by molar-refractivity contribution is -0.118. The van der Waals surface area contributed by atoms with Crippen LogP contribution in [0.2, 0.25) is 0 Å². The van der Waals surface area contributed by atoms with E-state index in [0.29, 0.717) is 5.92 Å². The molecule has 1 atom stereocenters. The number of carbonyl (C=O) groups excluding carboxylic acids is 1. The van der Waals surface area contributed by atoms with E-state index < -0.39 is 0 Å². The van der Waals surface area contributed by atoms with Crippen LogP contribution in [0, 0.1) is 11.3 Å². The van der Waals surface area contributed by atoms with Gasteiger partial charge in [0.1, 0.15) is 6.29 Å². The van der Waals surface area contributed by atoms with Crippen molar-refractivity contribution in [2.75, 3.05) is 0 Å². The maximum atomic E-state index is 11.4. The molecule has 15 heavy (non-hydrogen) atoms. The van der Waals surface area contributed by atoms with Crippen LogP contribution in [0.5, 0.6) is 0 Å². The molecule has 0 aliphatic heterocycles. The number of hydrogen-bond donors (Lipinski definition) is 0. The zero-order valence-electron chi connectivity index (χ0n) is 9.58. The summed E-state index contributed by atoms with van der Waals surface area (Å²) in [5.74, 6) is 0.540. The van der Waals surface area contributed by atoms with Gasteiger partial charge in [0.2, 0.25) is 0 Å². The van der Waals surface area contributed by atoms with Crippen LogP contribution in [0.3, 0.4) is 0 Å². The van der Waals surface area contributed by atoms with E-state index >= 15 is 0 Å². The molecule has 0 bridgehead atoms. The molecular formula is C14H22O. The van der Waals surface area contributed by atoms with E-state index in [4.69, 9.17) is 0 Å². The molecule has 2 aliphatic carbocycles. The Kier molecular flexibility index (Phi) is 3.61. The van der Waals surface area contributed by atoms with Crippen LogP contribution >= 0.6 is 0 Å². The summed E-state index contributed by atoms with van der Waals surface area (Å²) in [5, 5.41) is 0. The Bertz CT molecular complexity index is 236. The minimum Gasteiger partial charge on any atom is -0.303 e. The zero-order chi connectivity index (χ0) is 10.6. The normalized spacial score (nSPS) is 32.9. The highest BCUT2D eigenvalue weighted by atomic mass is 16.1. The van der Waals surface area contributed by atoms with Gasteiger partial charge in [-0.3, -0.25) is 0 Å². The van der Waals surface area contributed by atoms with Gasteiger partial charge in [-0.05, 0) is 38.0 Å². The van der Waals surface area contributed by atoms with E-state index in [0.717, 1.165) is 12.8 Å². The Hall–Kier alpha value is -0.590. The van der Waals surface area contributed by atoms with E-state index in [1.54, 1.807) is 0 Å². The van der Waals surface area contributed by atoms with E-state index in [1.165, 1.54) is 51.2 Å². The molecule has 0 amide bonds. The number of hydrogen-bond acceptors (Lipinski definition) is 1. The fourth-order valence-corrected chi connectivity index (χ4v) is 3.25. The average molecular weight is 206 g/mol. The number of rotatable bonds is 2. The van der Waals surface area contributed by atoms with Crippen molar-refractivity contribution < 1.29 is 4.79 Å². The molecule has 1 saturated carbocycles. The first-order chi connectivity index (χ1) is 7.37. The highest BCUT2D eigenvalue weighted by molar-refractivity contribution is 5.61. The molecule has 1 heteroatoms. The molecule has 1 fully saturated rings. The minimum atomic E-state index is 0.0217. The molecule has 0 radical (unpaired) electrons. The second kappa shape index (κ2) is 4.96. The molecule has 0 saturated heterocycles. The SMILES string of the molecule is O=CC1(C2/C=C\CCCCC2)CCCC1. The van der Waals surface area contributed by atoms with E-state index in [-0.39, 0.29) is 5.41 Å². The van der Waals surface area contributed by atoms with Crippen molar-refractivity contribution in [2.24, 2.45) is 11.3 Å². The first-order valence-electron chi connectivity index (χ1n) is 6.50. The van der Waals surface area contributed by atoms with Crippen molar-refractivity contribution in [1.29, 1.82) is 0 Å². The maximum Gasteiger partial charge on any atom is 0.126 e. The predicted octanol–water partition coefficient (Wildman–Crippen LogP) is 3.88. The van der Waals surface area contributed by atoms with Crippen LogP contribution in [0.15, 0.2) is 12.2 Å². The molecule has 1 unspecified atom stereocenters. The summed E-state index contributed by atoms with van der Waals surface area (Å²) in [6.07, 6.45) is 17.1. The van der Waals surface area contributed by atoms with Gasteiger partial charge in [0.15, 0.2) is 0 Å². The largest absolute Gasteiger partial charge is 0.303 e. The Balaban J connectivity index is 2.10. The van der Waals surface area contributed by atoms with Crippen LogP contribution in [0.1, 0.15) is 57.8 Å². The van der Waals surface area contributed by atoms with Crippen LogP contribution in [0.4, 0.5) is 0 Å². The van der Waals surface area contributed by atoms with Gasteiger partial charge in [-0.15, -0.1) is 0 Å². The second-order valence-corrected chi connectivity index (χ2v) is 5.23. The molecule has 0 spiro atoms. The minimum absolute atomic E-state index is 0.0217. The first-order valence-corrected chi connectivity index (χ1v) is 6.50. The third-order valence-electron chi connectivity index (χ3n) is 4.26. The topological polar surface area (TPSA) is 17.1 Å². The summed E-state index contributed by atoms with van der Waals surface area (Å²) in [7, 11) is 0. The van der Waals surface area contributed by atoms with Crippen molar-refractivity contribution >= 4 is 6.29 Å². The Morgan fingerprint density at radius 3 is 2.60 bits per heavy atom. The fourth-order valence-electron chi connectivity index (χ4n) is 3.25. The van der Waals surface area contributed by atoms with Crippen LogP contribution in [0.25, 0.3) is 0 Å².